The van der Waals surface area contributed by atoms with E-state index in [2.05, 4.69) is 10.0 Å². The fourth-order valence-electron chi connectivity index (χ4n) is 3.81. The van der Waals surface area contributed by atoms with Crippen molar-refractivity contribution in [3.05, 3.63) is 114 Å². The zero-order valence-electron chi connectivity index (χ0n) is 22.1. The van der Waals surface area contributed by atoms with E-state index in [1.54, 1.807) is 30.3 Å². The van der Waals surface area contributed by atoms with E-state index in [1.165, 1.54) is 48.5 Å². The van der Waals surface area contributed by atoms with Gasteiger partial charge in [-0.15, -0.1) is 0 Å². The normalized spacial score (nSPS) is 11.6. The monoisotopic (exact) mass is 581 g/mol. The Morgan fingerprint density at radius 3 is 1.90 bits per heavy atom. The van der Waals surface area contributed by atoms with E-state index in [9.17, 15) is 26.0 Å². The molecule has 8 nitrogen and oxygen atoms in total. The molecule has 4 aromatic carbocycles. The second-order valence-corrected chi connectivity index (χ2v) is 12.8. The summed E-state index contributed by atoms with van der Waals surface area (Å²) in [6.07, 6.45) is 0. The first-order valence-corrected chi connectivity index (χ1v) is 15.1. The van der Waals surface area contributed by atoms with Crippen LogP contribution in [0, 0.1) is 26.6 Å². The molecule has 0 unspecified atom stereocenters. The van der Waals surface area contributed by atoms with Gasteiger partial charge in [0, 0.05) is 11.4 Å². The molecule has 0 aliphatic carbocycles. The smallest absolute Gasteiger partial charge is 0.264 e. The molecule has 0 fully saturated rings. The van der Waals surface area contributed by atoms with E-state index < -0.39 is 38.3 Å². The van der Waals surface area contributed by atoms with Crippen LogP contribution >= 0.6 is 0 Å². The van der Waals surface area contributed by atoms with E-state index in [0.717, 1.165) is 33.1 Å². The zero-order valence-corrected chi connectivity index (χ0v) is 23.7. The Hall–Kier alpha value is -4.22. The molecule has 0 bridgehead atoms. The van der Waals surface area contributed by atoms with Crippen LogP contribution in [0.4, 0.5) is 21.5 Å². The summed E-state index contributed by atoms with van der Waals surface area (Å²) in [5.41, 5.74) is 3.55. The van der Waals surface area contributed by atoms with E-state index >= 15 is 0 Å². The third kappa shape index (κ3) is 6.67. The molecule has 0 aliphatic rings. The number of anilines is 3. The van der Waals surface area contributed by atoms with Crippen molar-refractivity contribution >= 4 is 43.0 Å². The van der Waals surface area contributed by atoms with Gasteiger partial charge < -0.3 is 5.32 Å². The topological polar surface area (TPSA) is 113 Å². The molecule has 208 valence electrons. The summed E-state index contributed by atoms with van der Waals surface area (Å²) in [6, 6.07) is 21.8. The lowest BCUT2D eigenvalue weighted by Crippen LogP contribution is -2.38. The summed E-state index contributed by atoms with van der Waals surface area (Å²) < 4.78 is 69.1. The average Bonchev–Trinajstić information content (AvgIpc) is 2.91. The molecule has 0 heterocycles. The second kappa shape index (κ2) is 11.5. The van der Waals surface area contributed by atoms with Crippen molar-refractivity contribution in [1.82, 2.24) is 0 Å². The number of amides is 1. The van der Waals surface area contributed by atoms with Crippen molar-refractivity contribution in [3.8, 4) is 0 Å². The van der Waals surface area contributed by atoms with Crippen LogP contribution in [-0.2, 0) is 24.8 Å². The quantitative estimate of drug-likeness (QED) is 0.275. The lowest BCUT2D eigenvalue weighted by molar-refractivity contribution is -0.114. The largest absolute Gasteiger partial charge is 0.325 e. The number of carbonyl (C=O) groups excluding carboxylic acids is 1. The SMILES string of the molecule is Cc1ccc(S(=O)(=O)N(CC(=O)Nc2ccc(S(=O)(=O)Nc3ccc(F)cc3)cc2)c2ccc(C)c(C)c2)cc1. The Morgan fingerprint density at radius 1 is 0.725 bits per heavy atom. The maximum atomic E-state index is 13.6. The Bertz CT molecular complexity index is 1740. The number of nitrogens with zero attached hydrogens (tertiary/aromatic N) is 1. The van der Waals surface area contributed by atoms with Crippen molar-refractivity contribution in [2.75, 3.05) is 20.9 Å². The van der Waals surface area contributed by atoms with Gasteiger partial charge in [0.2, 0.25) is 5.91 Å². The van der Waals surface area contributed by atoms with Gasteiger partial charge in [-0.3, -0.25) is 13.8 Å². The van der Waals surface area contributed by atoms with Crippen LogP contribution in [0.15, 0.2) is 101 Å². The molecule has 2 N–H and O–H groups in total. The van der Waals surface area contributed by atoms with Crippen molar-refractivity contribution < 1.29 is 26.0 Å². The molecule has 0 saturated heterocycles. The van der Waals surface area contributed by atoms with E-state index in [1.807, 2.05) is 20.8 Å². The number of benzene rings is 4. The van der Waals surface area contributed by atoms with Crippen LogP contribution in [0.1, 0.15) is 16.7 Å². The number of nitrogens with one attached hydrogen (secondary N) is 2. The Labute approximate surface area is 233 Å². The summed E-state index contributed by atoms with van der Waals surface area (Å²) in [4.78, 5) is 13.0. The minimum atomic E-state index is -4.08. The number of hydrogen-bond acceptors (Lipinski definition) is 5. The molecule has 4 aromatic rings. The van der Waals surface area contributed by atoms with Gasteiger partial charge >= 0.3 is 0 Å². The Kier molecular flexibility index (Phi) is 8.26. The Morgan fingerprint density at radius 2 is 1.30 bits per heavy atom. The first kappa shape index (κ1) is 28.8. The van der Waals surface area contributed by atoms with Gasteiger partial charge in [-0.05, 0) is 105 Å². The van der Waals surface area contributed by atoms with Crippen LogP contribution in [0.2, 0.25) is 0 Å². The molecular weight excluding hydrogens is 553 g/mol. The van der Waals surface area contributed by atoms with Crippen LogP contribution in [0.5, 0.6) is 0 Å². The highest BCUT2D eigenvalue weighted by Crippen LogP contribution is 2.26. The second-order valence-electron chi connectivity index (χ2n) is 9.28. The highest BCUT2D eigenvalue weighted by atomic mass is 32.2. The molecule has 0 saturated carbocycles. The van der Waals surface area contributed by atoms with Crippen LogP contribution in [0.25, 0.3) is 0 Å². The number of hydrogen-bond donors (Lipinski definition) is 2. The number of halogens is 1. The van der Waals surface area contributed by atoms with E-state index in [0.29, 0.717) is 5.69 Å². The number of sulfonamides is 2. The van der Waals surface area contributed by atoms with Gasteiger partial charge in [0.05, 0.1) is 15.5 Å². The summed E-state index contributed by atoms with van der Waals surface area (Å²) in [7, 11) is -8.04. The minimum Gasteiger partial charge on any atom is -0.325 e. The summed E-state index contributed by atoms with van der Waals surface area (Å²) >= 11 is 0. The average molecular weight is 582 g/mol. The highest BCUT2D eigenvalue weighted by molar-refractivity contribution is 7.93. The molecule has 0 aliphatic heterocycles. The van der Waals surface area contributed by atoms with Crippen molar-refractivity contribution in [2.24, 2.45) is 0 Å². The van der Waals surface area contributed by atoms with Gasteiger partial charge in [-0.2, -0.15) is 0 Å². The van der Waals surface area contributed by atoms with E-state index in [-0.39, 0.29) is 21.2 Å². The highest BCUT2D eigenvalue weighted by Gasteiger charge is 2.27. The lowest BCUT2D eigenvalue weighted by atomic mass is 10.1. The first-order chi connectivity index (χ1) is 18.8. The molecule has 4 rings (SSSR count). The molecular formula is C29H28FN3O5S2. The van der Waals surface area contributed by atoms with Crippen LogP contribution in [-0.4, -0.2) is 29.3 Å². The van der Waals surface area contributed by atoms with Gasteiger partial charge in [0.1, 0.15) is 12.4 Å². The van der Waals surface area contributed by atoms with Crippen molar-refractivity contribution in [2.45, 2.75) is 30.6 Å². The molecule has 0 aromatic heterocycles. The summed E-state index contributed by atoms with van der Waals surface area (Å²) in [5, 5.41) is 2.63. The summed E-state index contributed by atoms with van der Waals surface area (Å²) in [5.74, 6) is -1.11. The standard InChI is InChI=1S/C29H28FN3O5S2/c1-20-4-14-28(15-5-20)40(37,38)33(26-13-6-21(2)22(3)18-26)19-29(34)31-24-11-16-27(17-12-24)39(35,36)32-25-9-7-23(30)8-10-25/h4-18,32H,19H2,1-3H3,(H,31,34). The predicted molar refractivity (Wildman–Crippen MR) is 154 cm³/mol. The molecule has 1 amide bonds. The van der Waals surface area contributed by atoms with Gasteiger partial charge in [0.15, 0.2) is 0 Å². The van der Waals surface area contributed by atoms with Gasteiger partial charge in [0.25, 0.3) is 20.0 Å². The minimum absolute atomic E-state index is 0.0485. The molecule has 0 radical (unpaired) electrons. The predicted octanol–water partition coefficient (Wildman–Crippen LogP) is 5.39. The number of aryl methyl sites for hydroxylation is 3. The molecule has 40 heavy (non-hydrogen) atoms. The fourth-order valence-corrected chi connectivity index (χ4v) is 6.29. The maximum absolute atomic E-state index is 13.6. The van der Waals surface area contributed by atoms with Crippen molar-refractivity contribution in [1.29, 1.82) is 0 Å². The Balaban J connectivity index is 1.54. The third-order valence-electron chi connectivity index (χ3n) is 6.22. The summed E-state index contributed by atoms with van der Waals surface area (Å²) in [6.45, 7) is 5.10. The van der Waals surface area contributed by atoms with Crippen molar-refractivity contribution in [3.63, 3.8) is 0 Å². The van der Waals surface area contributed by atoms with E-state index in [4.69, 9.17) is 0 Å². The fraction of sp³-hybridized carbons (Fsp3) is 0.138. The lowest BCUT2D eigenvalue weighted by Gasteiger charge is -2.25. The third-order valence-corrected chi connectivity index (χ3v) is 9.40. The molecule has 11 heteroatoms. The first-order valence-electron chi connectivity index (χ1n) is 12.2. The molecule has 0 spiro atoms. The molecule has 0 atom stereocenters. The van der Waals surface area contributed by atoms with Crippen LogP contribution < -0.4 is 14.3 Å². The zero-order chi connectivity index (χ0) is 29.1. The van der Waals surface area contributed by atoms with Gasteiger partial charge in [-0.1, -0.05) is 23.8 Å². The van der Waals surface area contributed by atoms with Crippen LogP contribution in [0.3, 0.4) is 0 Å². The number of carbonyl (C=O) groups is 1. The van der Waals surface area contributed by atoms with Gasteiger partial charge in [-0.25, -0.2) is 21.2 Å². The maximum Gasteiger partial charge on any atom is 0.264 e. The number of rotatable bonds is 9.